The largest absolute Gasteiger partial charge is 0.525 e. The summed E-state index contributed by atoms with van der Waals surface area (Å²) in [6.45, 7) is 9.32. The van der Waals surface area contributed by atoms with Crippen LogP contribution in [-0.4, -0.2) is 30.0 Å². The zero-order valence-electron chi connectivity index (χ0n) is 14.9. The minimum atomic E-state index is -1.00. The Balaban J connectivity index is 2.27. The second-order valence-electron chi connectivity index (χ2n) is 6.92. The zero-order valence-corrected chi connectivity index (χ0v) is 14.9. The first-order valence-corrected chi connectivity index (χ1v) is 8.10. The minimum Gasteiger partial charge on any atom is -0.398 e. The molecule has 3 nitrogen and oxygen atoms in total. The van der Waals surface area contributed by atoms with E-state index in [1.165, 1.54) is 0 Å². The molecule has 1 aromatic rings. The van der Waals surface area contributed by atoms with Gasteiger partial charge in [-0.1, -0.05) is 24.0 Å². The fourth-order valence-corrected chi connectivity index (χ4v) is 2.31. The first-order valence-electron chi connectivity index (χ1n) is 8.10. The highest BCUT2D eigenvalue weighted by molar-refractivity contribution is 6.55. The Morgan fingerprint density at radius 3 is 2.42 bits per heavy atom. The van der Waals surface area contributed by atoms with Gasteiger partial charge in [0.05, 0.1) is 17.8 Å². The third-order valence-corrected chi connectivity index (χ3v) is 4.58. The number of allylic oxidation sites excluding steroid dienone is 1. The topological polar surface area (TPSA) is 38.7 Å². The first-order chi connectivity index (χ1) is 11.2. The molecule has 0 bridgehead atoms. The van der Waals surface area contributed by atoms with Gasteiger partial charge >= 0.3 is 7.12 Å². The van der Waals surface area contributed by atoms with Crippen molar-refractivity contribution in [3.8, 4) is 11.8 Å². The maximum absolute atomic E-state index is 14.9. The molecular formula is C19H24BFO3. The summed E-state index contributed by atoms with van der Waals surface area (Å²) in [6, 6.07) is 7.34. The summed E-state index contributed by atoms with van der Waals surface area (Å²) in [5.74, 6) is 5.82. The van der Waals surface area contributed by atoms with Crippen molar-refractivity contribution in [2.75, 3.05) is 6.61 Å². The summed E-state index contributed by atoms with van der Waals surface area (Å²) >= 11 is 0. The number of hydrogen-bond acceptors (Lipinski definition) is 3. The van der Waals surface area contributed by atoms with Gasteiger partial charge in [-0.15, -0.1) is 0 Å². The predicted octanol–water partition coefficient (Wildman–Crippen LogP) is 3.75. The van der Waals surface area contributed by atoms with E-state index in [1.807, 2.05) is 52.0 Å². The third kappa shape index (κ3) is 3.89. The van der Waals surface area contributed by atoms with Gasteiger partial charge in [0.2, 0.25) is 0 Å². The van der Waals surface area contributed by atoms with Crippen LogP contribution in [0.4, 0.5) is 4.39 Å². The van der Waals surface area contributed by atoms with Gasteiger partial charge in [-0.2, -0.15) is 0 Å². The van der Waals surface area contributed by atoms with Crippen LogP contribution in [0.3, 0.4) is 0 Å². The van der Waals surface area contributed by atoms with Crippen LogP contribution in [-0.2, 0) is 9.31 Å². The summed E-state index contributed by atoms with van der Waals surface area (Å²) in [7, 11) is -1.00. The van der Waals surface area contributed by atoms with E-state index in [-0.39, 0.29) is 6.61 Å². The highest BCUT2D eigenvalue weighted by Crippen LogP contribution is 2.40. The molecule has 0 aromatic heterocycles. The molecule has 0 unspecified atom stereocenters. The Kier molecular flexibility index (Phi) is 5.54. The average molecular weight is 330 g/mol. The SMILES string of the molecule is CC(=C(F)B1OC(C)(C)C(C)(C)O1)c1cccc(C#CCCO)c1. The Hall–Kier alpha value is -1.61. The summed E-state index contributed by atoms with van der Waals surface area (Å²) in [6.07, 6.45) is 0.418. The zero-order chi connectivity index (χ0) is 18.0. The smallest absolute Gasteiger partial charge is 0.398 e. The van der Waals surface area contributed by atoms with Crippen LogP contribution >= 0.6 is 0 Å². The van der Waals surface area contributed by atoms with E-state index in [2.05, 4.69) is 11.8 Å². The van der Waals surface area contributed by atoms with Crippen molar-refractivity contribution in [2.24, 2.45) is 0 Å². The Bertz CT molecular complexity index is 682. The second-order valence-corrected chi connectivity index (χ2v) is 6.92. The Morgan fingerprint density at radius 1 is 1.21 bits per heavy atom. The molecule has 0 radical (unpaired) electrons. The maximum Gasteiger partial charge on any atom is 0.525 e. The van der Waals surface area contributed by atoms with Crippen LogP contribution in [0.5, 0.6) is 0 Å². The van der Waals surface area contributed by atoms with Crippen LogP contribution in [0.2, 0.25) is 0 Å². The maximum atomic E-state index is 14.9. The third-order valence-electron chi connectivity index (χ3n) is 4.58. The summed E-state index contributed by atoms with van der Waals surface area (Å²) in [5.41, 5.74) is 0.410. The molecule has 0 saturated carbocycles. The van der Waals surface area contributed by atoms with Gasteiger partial charge in [-0.05, 0) is 57.9 Å². The molecule has 128 valence electrons. The molecular weight excluding hydrogens is 306 g/mol. The van der Waals surface area contributed by atoms with Crippen LogP contribution in [0, 0.1) is 11.8 Å². The van der Waals surface area contributed by atoms with Crippen LogP contribution < -0.4 is 0 Å². The quantitative estimate of drug-likeness (QED) is 0.678. The number of aliphatic hydroxyl groups excluding tert-OH is 1. The van der Waals surface area contributed by atoms with Crippen molar-refractivity contribution >= 4 is 12.7 Å². The van der Waals surface area contributed by atoms with Gasteiger partial charge in [0, 0.05) is 12.0 Å². The number of hydrogen-bond donors (Lipinski definition) is 1. The van der Waals surface area contributed by atoms with Crippen LogP contribution in [0.1, 0.15) is 52.2 Å². The minimum absolute atomic E-state index is 0.0299. The van der Waals surface area contributed by atoms with Crippen molar-refractivity contribution in [2.45, 2.75) is 52.2 Å². The second kappa shape index (κ2) is 7.10. The van der Waals surface area contributed by atoms with Crippen molar-refractivity contribution < 1.29 is 18.8 Å². The molecule has 1 saturated heterocycles. The molecule has 0 aliphatic carbocycles. The average Bonchev–Trinajstić information content (AvgIpc) is 2.74. The van der Waals surface area contributed by atoms with Gasteiger partial charge in [-0.3, -0.25) is 0 Å². The standard InChI is InChI=1S/C19H24BFO3/c1-14(16-11-8-10-15(13-16)9-6-7-12-22)17(21)20-23-18(2,3)19(4,5)24-20/h8,10-11,13,22H,7,12H2,1-5H3. The van der Waals surface area contributed by atoms with Crippen molar-refractivity contribution in [1.29, 1.82) is 0 Å². The number of rotatable bonds is 3. The molecule has 1 N–H and O–H groups in total. The van der Waals surface area contributed by atoms with E-state index in [4.69, 9.17) is 14.4 Å². The van der Waals surface area contributed by atoms with Crippen LogP contribution in [0.25, 0.3) is 5.57 Å². The highest BCUT2D eigenvalue weighted by atomic mass is 19.1. The molecule has 0 amide bonds. The van der Waals surface area contributed by atoms with E-state index in [0.29, 0.717) is 12.0 Å². The van der Waals surface area contributed by atoms with E-state index in [0.717, 1.165) is 11.1 Å². The molecule has 0 spiro atoms. The molecule has 5 heteroatoms. The first kappa shape index (κ1) is 18.7. The lowest BCUT2D eigenvalue weighted by Crippen LogP contribution is -2.41. The lowest BCUT2D eigenvalue weighted by atomic mass is 9.83. The van der Waals surface area contributed by atoms with Gasteiger partial charge in [-0.25, -0.2) is 4.39 Å². The van der Waals surface area contributed by atoms with Crippen molar-refractivity contribution in [1.82, 2.24) is 0 Å². The number of halogens is 1. The molecule has 24 heavy (non-hydrogen) atoms. The fraction of sp³-hybridized carbons (Fsp3) is 0.474. The monoisotopic (exact) mass is 330 g/mol. The molecule has 2 rings (SSSR count). The lowest BCUT2D eigenvalue weighted by molar-refractivity contribution is 0.00578. The van der Waals surface area contributed by atoms with E-state index >= 15 is 0 Å². The predicted molar refractivity (Wildman–Crippen MR) is 94.8 cm³/mol. The number of aliphatic hydroxyl groups is 1. The molecule has 1 aromatic carbocycles. The number of benzene rings is 1. The highest BCUT2D eigenvalue weighted by Gasteiger charge is 2.53. The van der Waals surface area contributed by atoms with Crippen LogP contribution in [0.15, 0.2) is 30.0 Å². The molecule has 1 aliphatic rings. The Labute approximate surface area is 144 Å². The van der Waals surface area contributed by atoms with Gasteiger partial charge in [0.15, 0.2) is 0 Å². The normalized spacial score (nSPS) is 19.5. The van der Waals surface area contributed by atoms with E-state index in [1.54, 1.807) is 6.92 Å². The summed E-state index contributed by atoms with van der Waals surface area (Å²) in [5, 5.41) is 8.78. The summed E-state index contributed by atoms with van der Waals surface area (Å²) < 4.78 is 26.4. The molecule has 1 fully saturated rings. The van der Waals surface area contributed by atoms with Gasteiger partial charge in [0.25, 0.3) is 0 Å². The Morgan fingerprint density at radius 2 is 1.83 bits per heavy atom. The molecule has 1 heterocycles. The lowest BCUT2D eigenvalue weighted by Gasteiger charge is -2.32. The van der Waals surface area contributed by atoms with E-state index in [9.17, 15) is 4.39 Å². The molecule has 1 aliphatic heterocycles. The molecule has 0 atom stereocenters. The summed E-state index contributed by atoms with van der Waals surface area (Å²) in [4.78, 5) is 0. The van der Waals surface area contributed by atoms with E-state index < -0.39 is 24.0 Å². The van der Waals surface area contributed by atoms with Crippen molar-refractivity contribution in [3.05, 3.63) is 41.1 Å². The van der Waals surface area contributed by atoms with Crippen molar-refractivity contribution in [3.63, 3.8) is 0 Å². The van der Waals surface area contributed by atoms with Gasteiger partial charge < -0.3 is 14.4 Å². The van der Waals surface area contributed by atoms with Gasteiger partial charge in [0.1, 0.15) is 5.73 Å². The fourth-order valence-electron chi connectivity index (χ4n) is 2.31.